The van der Waals surface area contributed by atoms with E-state index in [4.69, 9.17) is 14.9 Å². The fraction of sp³-hybridized carbons (Fsp3) is 0.900. The zero-order chi connectivity index (χ0) is 11.3. The lowest BCUT2D eigenvalue weighted by atomic mass is 9.84. The minimum atomic E-state index is -0.582. The average Bonchev–Trinajstić information content (AvgIpc) is 2.19. The molecule has 0 unspecified atom stereocenters. The van der Waals surface area contributed by atoms with E-state index in [1.54, 1.807) is 0 Å². The summed E-state index contributed by atoms with van der Waals surface area (Å²) < 4.78 is 5.32. The Morgan fingerprint density at radius 1 is 1.47 bits per heavy atom. The van der Waals surface area contributed by atoms with Crippen molar-refractivity contribution in [1.82, 2.24) is 5.32 Å². The molecule has 0 atom stereocenters. The van der Waals surface area contributed by atoms with E-state index in [0.717, 1.165) is 12.8 Å². The van der Waals surface area contributed by atoms with Gasteiger partial charge in [0.25, 0.3) is 0 Å². The topological polar surface area (TPSA) is 78.8 Å². The molecule has 1 aliphatic rings. The first-order valence-corrected chi connectivity index (χ1v) is 5.28. The van der Waals surface area contributed by atoms with Crippen LogP contribution in [0.15, 0.2) is 0 Å². The average molecular weight is 217 g/mol. The van der Waals surface area contributed by atoms with Crippen LogP contribution >= 0.6 is 0 Å². The number of aliphatic hydroxyl groups is 2. The highest BCUT2D eigenvalue weighted by Crippen LogP contribution is 2.28. The molecule has 0 radical (unpaired) electrons. The molecule has 0 spiro atoms. The largest absolute Gasteiger partial charge is 0.394 e. The Kier molecular flexibility index (Phi) is 5.01. The summed E-state index contributed by atoms with van der Waals surface area (Å²) in [6.45, 7) is 1.63. The predicted molar refractivity (Wildman–Crippen MR) is 54.2 cm³/mol. The molecule has 0 heterocycles. The quantitative estimate of drug-likeness (QED) is 0.548. The molecule has 0 saturated heterocycles. The van der Waals surface area contributed by atoms with Crippen molar-refractivity contribution in [3.05, 3.63) is 0 Å². The van der Waals surface area contributed by atoms with Crippen LogP contribution in [0.5, 0.6) is 0 Å². The molecule has 1 saturated carbocycles. The molecule has 3 N–H and O–H groups in total. The Balaban J connectivity index is 2.08. The van der Waals surface area contributed by atoms with Crippen molar-refractivity contribution in [1.29, 1.82) is 0 Å². The molecule has 5 heteroatoms. The van der Waals surface area contributed by atoms with Gasteiger partial charge in [-0.3, -0.25) is 4.79 Å². The highest BCUT2D eigenvalue weighted by molar-refractivity contribution is 5.77. The smallest absolute Gasteiger partial charge is 0.246 e. The fourth-order valence-corrected chi connectivity index (χ4v) is 1.58. The maximum absolute atomic E-state index is 11.2. The normalized spacial score (nSPS) is 25.1. The Labute approximate surface area is 89.4 Å². The first-order valence-electron chi connectivity index (χ1n) is 5.28. The van der Waals surface area contributed by atoms with Gasteiger partial charge in [0.2, 0.25) is 5.91 Å². The minimum Gasteiger partial charge on any atom is -0.394 e. The molecular weight excluding hydrogens is 198 g/mol. The second-order valence-corrected chi connectivity index (χ2v) is 4.14. The lowest BCUT2D eigenvalue weighted by molar-refractivity contribution is -0.132. The number of carbonyl (C=O) groups excluding carboxylic acids is 1. The van der Waals surface area contributed by atoms with Crippen LogP contribution in [-0.4, -0.2) is 48.1 Å². The van der Waals surface area contributed by atoms with Gasteiger partial charge in [0.15, 0.2) is 0 Å². The Hall–Kier alpha value is -0.650. The first kappa shape index (κ1) is 12.4. The molecule has 15 heavy (non-hydrogen) atoms. The summed E-state index contributed by atoms with van der Waals surface area (Å²) in [5.74, 6) is 0.406. The van der Waals surface area contributed by atoms with E-state index >= 15 is 0 Å². The van der Waals surface area contributed by atoms with Crippen LogP contribution < -0.4 is 5.32 Å². The van der Waals surface area contributed by atoms with Gasteiger partial charge in [-0.05, 0) is 18.8 Å². The molecular formula is C10H19NO4. The van der Waals surface area contributed by atoms with E-state index in [9.17, 15) is 4.79 Å². The van der Waals surface area contributed by atoms with Gasteiger partial charge in [-0.1, -0.05) is 6.92 Å². The van der Waals surface area contributed by atoms with Crippen LogP contribution in [0.25, 0.3) is 0 Å². The lowest BCUT2D eigenvalue weighted by Gasteiger charge is -2.32. The third-order valence-corrected chi connectivity index (χ3v) is 2.59. The van der Waals surface area contributed by atoms with E-state index < -0.39 is 6.04 Å². The zero-order valence-electron chi connectivity index (χ0n) is 8.98. The Morgan fingerprint density at radius 2 is 2.07 bits per heavy atom. The van der Waals surface area contributed by atoms with E-state index in [1.807, 2.05) is 0 Å². The maximum Gasteiger partial charge on any atom is 0.246 e. The van der Waals surface area contributed by atoms with Gasteiger partial charge in [-0.15, -0.1) is 0 Å². The Morgan fingerprint density at radius 3 is 2.53 bits per heavy atom. The summed E-state index contributed by atoms with van der Waals surface area (Å²) in [5, 5.41) is 19.9. The fourth-order valence-electron chi connectivity index (χ4n) is 1.58. The van der Waals surface area contributed by atoms with Crippen LogP contribution in [-0.2, 0) is 9.53 Å². The van der Waals surface area contributed by atoms with Crippen molar-refractivity contribution in [2.24, 2.45) is 5.92 Å². The van der Waals surface area contributed by atoms with E-state index in [0.29, 0.717) is 5.92 Å². The molecule has 0 aromatic carbocycles. The van der Waals surface area contributed by atoms with Crippen molar-refractivity contribution >= 4 is 5.91 Å². The summed E-state index contributed by atoms with van der Waals surface area (Å²) >= 11 is 0. The summed E-state index contributed by atoms with van der Waals surface area (Å²) in [4.78, 5) is 11.2. The lowest BCUT2D eigenvalue weighted by Crippen LogP contribution is -2.43. The van der Waals surface area contributed by atoms with Crippen LogP contribution in [0, 0.1) is 5.92 Å². The van der Waals surface area contributed by atoms with Gasteiger partial charge in [-0.25, -0.2) is 0 Å². The van der Waals surface area contributed by atoms with E-state index in [1.165, 1.54) is 0 Å². The summed E-state index contributed by atoms with van der Waals surface area (Å²) in [6, 6.07) is -0.582. The van der Waals surface area contributed by atoms with Crippen LogP contribution in [0.4, 0.5) is 0 Å². The number of nitrogens with one attached hydrogen (secondary N) is 1. The summed E-state index contributed by atoms with van der Waals surface area (Å²) in [7, 11) is 0. The number of hydrogen-bond donors (Lipinski definition) is 3. The molecule has 0 bridgehead atoms. The highest BCUT2D eigenvalue weighted by atomic mass is 16.5. The Bertz CT molecular complexity index is 200. The van der Waals surface area contributed by atoms with Crippen LogP contribution in [0.1, 0.15) is 19.8 Å². The van der Waals surface area contributed by atoms with E-state index in [-0.39, 0.29) is 31.8 Å². The second-order valence-electron chi connectivity index (χ2n) is 4.14. The van der Waals surface area contributed by atoms with Crippen LogP contribution in [0.2, 0.25) is 0 Å². The van der Waals surface area contributed by atoms with Gasteiger partial charge in [-0.2, -0.15) is 0 Å². The van der Waals surface area contributed by atoms with Crippen molar-refractivity contribution in [2.45, 2.75) is 31.9 Å². The first-order chi connectivity index (χ1) is 7.15. The third kappa shape index (κ3) is 4.15. The molecule has 0 aliphatic heterocycles. The molecule has 1 aliphatic carbocycles. The van der Waals surface area contributed by atoms with Crippen molar-refractivity contribution in [3.8, 4) is 0 Å². The number of hydrogen-bond acceptors (Lipinski definition) is 4. The van der Waals surface area contributed by atoms with Gasteiger partial charge in [0, 0.05) is 0 Å². The van der Waals surface area contributed by atoms with Gasteiger partial charge in [0.05, 0.1) is 25.4 Å². The molecule has 1 fully saturated rings. The summed E-state index contributed by atoms with van der Waals surface area (Å²) in [6.07, 6.45) is 2.22. The molecule has 88 valence electrons. The highest BCUT2D eigenvalue weighted by Gasteiger charge is 2.26. The third-order valence-electron chi connectivity index (χ3n) is 2.59. The van der Waals surface area contributed by atoms with Gasteiger partial charge < -0.3 is 20.3 Å². The molecule has 0 aromatic heterocycles. The van der Waals surface area contributed by atoms with Crippen molar-refractivity contribution in [3.63, 3.8) is 0 Å². The molecule has 5 nitrogen and oxygen atoms in total. The number of ether oxygens (including phenoxy) is 1. The maximum atomic E-state index is 11.2. The number of amides is 1. The van der Waals surface area contributed by atoms with Crippen molar-refractivity contribution in [2.75, 3.05) is 19.8 Å². The van der Waals surface area contributed by atoms with E-state index in [2.05, 4.69) is 12.2 Å². The number of carbonyl (C=O) groups is 1. The van der Waals surface area contributed by atoms with Gasteiger partial charge >= 0.3 is 0 Å². The zero-order valence-corrected chi connectivity index (χ0v) is 8.98. The molecule has 1 rings (SSSR count). The minimum absolute atomic E-state index is 0.00782. The van der Waals surface area contributed by atoms with Gasteiger partial charge in [0.1, 0.15) is 6.61 Å². The number of aliphatic hydroxyl groups excluding tert-OH is 2. The summed E-state index contributed by atoms with van der Waals surface area (Å²) in [5.41, 5.74) is 0. The monoisotopic (exact) mass is 217 g/mol. The molecule has 1 amide bonds. The van der Waals surface area contributed by atoms with Crippen LogP contribution in [0.3, 0.4) is 0 Å². The molecule has 0 aromatic rings. The SMILES string of the molecule is CC1CC(OCC(=O)NC(CO)CO)C1. The van der Waals surface area contributed by atoms with Crippen molar-refractivity contribution < 1.29 is 19.7 Å². The standard InChI is InChI=1S/C10H19NO4/c1-7-2-9(3-7)15-6-10(14)11-8(4-12)5-13/h7-9,12-13H,2-6H2,1H3,(H,11,14). The predicted octanol–water partition coefficient (Wildman–Crippen LogP) is -0.729. The second kappa shape index (κ2) is 6.05. The number of rotatable bonds is 6.